The minimum Gasteiger partial charge on any atom is -0.497 e. The average molecular weight is 334 g/mol. The van der Waals surface area contributed by atoms with E-state index in [0.29, 0.717) is 5.76 Å². The van der Waals surface area contributed by atoms with Gasteiger partial charge in [-0.1, -0.05) is 42.8 Å². The highest BCUT2D eigenvalue weighted by atomic mass is 32.2. The number of nitrogens with one attached hydrogen (secondary N) is 1. The lowest BCUT2D eigenvalue weighted by Gasteiger charge is -2.22. The molecule has 0 heterocycles. The zero-order valence-electron chi connectivity index (χ0n) is 14.3. The van der Waals surface area contributed by atoms with Crippen molar-refractivity contribution in [3.8, 4) is 5.75 Å². The standard InChI is InChI=1S/C18H26N2O2S/c1-6-16(8-7-15(2)21-3)13-20(19-23-5)14-17-9-11-18(22-4)12-10-17/h6-12,19H,2,13-14H2,1,3-5H3/b8-7-,16-6+. The minimum atomic E-state index is 0.642. The van der Waals surface area contributed by atoms with Crippen molar-refractivity contribution >= 4 is 11.9 Å². The Morgan fingerprint density at radius 2 is 1.96 bits per heavy atom. The normalized spacial score (nSPS) is 12.0. The van der Waals surface area contributed by atoms with Crippen molar-refractivity contribution in [1.29, 1.82) is 0 Å². The van der Waals surface area contributed by atoms with Crippen LogP contribution in [0.15, 0.2) is 60.4 Å². The minimum absolute atomic E-state index is 0.642. The highest BCUT2D eigenvalue weighted by Crippen LogP contribution is 2.14. The summed E-state index contributed by atoms with van der Waals surface area (Å²) in [5.41, 5.74) is 2.39. The number of hydrogen-bond acceptors (Lipinski definition) is 5. The monoisotopic (exact) mass is 334 g/mol. The zero-order chi connectivity index (χ0) is 17.1. The van der Waals surface area contributed by atoms with Crippen molar-refractivity contribution in [2.24, 2.45) is 0 Å². The molecule has 0 saturated heterocycles. The van der Waals surface area contributed by atoms with Crippen LogP contribution in [-0.4, -0.2) is 32.0 Å². The van der Waals surface area contributed by atoms with Crippen LogP contribution < -0.4 is 9.57 Å². The summed E-state index contributed by atoms with van der Waals surface area (Å²) in [5.74, 6) is 1.51. The van der Waals surface area contributed by atoms with Crippen molar-refractivity contribution in [3.05, 3.63) is 66.0 Å². The van der Waals surface area contributed by atoms with Gasteiger partial charge in [0.05, 0.1) is 14.2 Å². The third kappa shape index (κ3) is 7.41. The summed E-state index contributed by atoms with van der Waals surface area (Å²) in [6.45, 7) is 7.39. The molecule has 126 valence electrons. The van der Waals surface area contributed by atoms with Gasteiger partial charge < -0.3 is 9.47 Å². The summed E-state index contributed by atoms with van der Waals surface area (Å²) in [6.07, 6.45) is 8.00. The van der Waals surface area contributed by atoms with Gasteiger partial charge >= 0.3 is 0 Å². The Morgan fingerprint density at radius 3 is 2.48 bits per heavy atom. The molecule has 0 aromatic heterocycles. The molecule has 0 radical (unpaired) electrons. The summed E-state index contributed by atoms with van der Waals surface area (Å²) in [4.78, 5) is 3.32. The molecule has 5 heteroatoms. The van der Waals surface area contributed by atoms with E-state index in [4.69, 9.17) is 9.47 Å². The molecule has 23 heavy (non-hydrogen) atoms. The SMILES string of the molecule is C=C(/C=C\C(=C/C)CN(Cc1ccc(OC)cc1)NSC)OC. The van der Waals surface area contributed by atoms with Crippen LogP contribution in [0.4, 0.5) is 0 Å². The molecule has 0 bridgehead atoms. The first kappa shape index (κ1) is 19.4. The third-order valence-electron chi connectivity index (χ3n) is 3.24. The Bertz CT molecular complexity index is 538. The van der Waals surface area contributed by atoms with Gasteiger partial charge in [-0.15, -0.1) is 0 Å². The van der Waals surface area contributed by atoms with Crippen LogP contribution in [0, 0.1) is 0 Å². The molecule has 0 aliphatic rings. The lowest BCUT2D eigenvalue weighted by Crippen LogP contribution is -2.34. The van der Waals surface area contributed by atoms with Crippen molar-refractivity contribution in [2.75, 3.05) is 27.0 Å². The Balaban J connectivity index is 2.72. The summed E-state index contributed by atoms with van der Waals surface area (Å²) in [7, 11) is 3.29. The second-order valence-electron chi connectivity index (χ2n) is 4.87. The average Bonchev–Trinajstić information content (AvgIpc) is 2.58. The largest absolute Gasteiger partial charge is 0.497 e. The van der Waals surface area contributed by atoms with E-state index in [1.165, 1.54) is 11.1 Å². The van der Waals surface area contributed by atoms with E-state index in [-0.39, 0.29) is 0 Å². The Morgan fingerprint density at radius 1 is 1.26 bits per heavy atom. The lowest BCUT2D eigenvalue weighted by molar-refractivity contribution is 0.265. The number of rotatable bonds is 10. The van der Waals surface area contributed by atoms with E-state index < -0.39 is 0 Å². The van der Waals surface area contributed by atoms with Crippen LogP contribution in [0.5, 0.6) is 5.75 Å². The number of allylic oxidation sites excluding steroid dienone is 2. The van der Waals surface area contributed by atoms with E-state index >= 15 is 0 Å². The highest BCUT2D eigenvalue weighted by Gasteiger charge is 2.07. The van der Waals surface area contributed by atoms with Crippen LogP contribution in [0.2, 0.25) is 0 Å². The maximum absolute atomic E-state index is 5.20. The Kier molecular flexibility index (Phi) is 9.21. The van der Waals surface area contributed by atoms with Gasteiger partial charge in [0.1, 0.15) is 11.5 Å². The van der Waals surface area contributed by atoms with Crippen LogP contribution in [0.3, 0.4) is 0 Å². The van der Waals surface area contributed by atoms with Gasteiger partial charge in [-0.25, -0.2) is 5.01 Å². The second-order valence-corrected chi connectivity index (χ2v) is 5.46. The van der Waals surface area contributed by atoms with E-state index in [0.717, 1.165) is 18.8 Å². The molecule has 0 amide bonds. The van der Waals surface area contributed by atoms with Gasteiger partial charge in [0.2, 0.25) is 0 Å². The summed E-state index contributed by atoms with van der Waals surface area (Å²) in [6, 6.07) is 8.11. The first-order valence-electron chi connectivity index (χ1n) is 7.35. The van der Waals surface area contributed by atoms with Crippen LogP contribution >= 0.6 is 11.9 Å². The maximum atomic E-state index is 5.20. The quantitative estimate of drug-likeness (QED) is 0.303. The van der Waals surface area contributed by atoms with Gasteiger partial charge in [-0.05, 0) is 42.5 Å². The Labute approximate surface area is 144 Å². The summed E-state index contributed by atoms with van der Waals surface area (Å²) >= 11 is 1.58. The smallest absolute Gasteiger partial charge is 0.118 e. The first-order chi connectivity index (χ1) is 11.1. The van der Waals surface area contributed by atoms with E-state index in [1.54, 1.807) is 26.2 Å². The fourth-order valence-electron chi connectivity index (χ4n) is 1.93. The highest BCUT2D eigenvalue weighted by molar-refractivity contribution is 7.96. The molecule has 0 saturated carbocycles. The van der Waals surface area contributed by atoms with Gasteiger partial charge in [0.25, 0.3) is 0 Å². The van der Waals surface area contributed by atoms with Gasteiger partial charge in [-0.2, -0.15) is 4.83 Å². The second kappa shape index (κ2) is 10.9. The van der Waals surface area contributed by atoms with Crippen molar-refractivity contribution in [1.82, 2.24) is 9.84 Å². The number of methoxy groups -OCH3 is 2. The number of hydrazine groups is 1. The number of ether oxygens (including phenoxy) is 2. The lowest BCUT2D eigenvalue weighted by atomic mass is 10.2. The Hall–Kier alpha value is -1.69. The van der Waals surface area contributed by atoms with Crippen molar-refractivity contribution in [3.63, 3.8) is 0 Å². The molecule has 1 aromatic rings. The number of benzene rings is 1. The number of nitrogens with zero attached hydrogens (tertiary/aromatic N) is 1. The molecule has 1 aromatic carbocycles. The fraction of sp³-hybridized carbons (Fsp3) is 0.333. The molecule has 1 N–H and O–H groups in total. The maximum Gasteiger partial charge on any atom is 0.118 e. The molecule has 0 aliphatic heterocycles. The van der Waals surface area contributed by atoms with Crippen LogP contribution in [-0.2, 0) is 11.3 Å². The van der Waals surface area contributed by atoms with Crippen LogP contribution in [0.25, 0.3) is 0 Å². The predicted octanol–water partition coefficient (Wildman–Crippen LogP) is 3.94. The van der Waals surface area contributed by atoms with E-state index in [1.807, 2.05) is 37.5 Å². The number of hydrogen-bond donors (Lipinski definition) is 1. The molecule has 4 nitrogen and oxygen atoms in total. The summed E-state index contributed by atoms with van der Waals surface area (Å²) < 4.78 is 10.3. The molecule has 0 unspecified atom stereocenters. The van der Waals surface area contributed by atoms with E-state index in [2.05, 4.69) is 34.6 Å². The van der Waals surface area contributed by atoms with Crippen LogP contribution in [0.1, 0.15) is 12.5 Å². The van der Waals surface area contributed by atoms with Gasteiger partial charge in [0, 0.05) is 13.1 Å². The predicted molar refractivity (Wildman–Crippen MR) is 99.1 cm³/mol. The molecular weight excluding hydrogens is 308 g/mol. The first-order valence-corrected chi connectivity index (χ1v) is 8.58. The summed E-state index contributed by atoms with van der Waals surface area (Å²) in [5, 5.41) is 2.15. The van der Waals surface area contributed by atoms with Gasteiger partial charge in [-0.3, -0.25) is 0 Å². The van der Waals surface area contributed by atoms with Crippen molar-refractivity contribution < 1.29 is 9.47 Å². The zero-order valence-corrected chi connectivity index (χ0v) is 15.2. The van der Waals surface area contributed by atoms with E-state index in [9.17, 15) is 0 Å². The van der Waals surface area contributed by atoms with Crippen molar-refractivity contribution in [2.45, 2.75) is 13.5 Å². The molecule has 0 fully saturated rings. The fourth-order valence-corrected chi connectivity index (χ4v) is 2.32. The molecule has 0 atom stereocenters. The molecular formula is C18H26N2O2S. The molecule has 0 aliphatic carbocycles. The topological polar surface area (TPSA) is 33.7 Å². The van der Waals surface area contributed by atoms with Gasteiger partial charge in [0.15, 0.2) is 0 Å². The molecule has 0 spiro atoms. The molecule has 1 rings (SSSR count). The third-order valence-corrected chi connectivity index (χ3v) is 3.68.